The van der Waals surface area contributed by atoms with Gasteiger partial charge in [-0.25, -0.2) is 9.78 Å². The van der Waals surface area contributed by atoms with Gasteiger partial charge in [0.1, 0.15) is 11.4 Å². The minimum Gasteiger partial charge on any atom is -0.463 e. The lowest BCUT2D eigenvalue weighted by molar-refractivity contribution is 0.0163. The maximum Gasteiger partial charge on any atom is 0.410 e. The van der Waals surface area contributed by atoms with E-state index in [1.54, 1.807) is 11.1 Å². The summed E-state index contributed by atoms with van der Waals surface area (Å²) < 4.78 is 11.1. The molecule has 7 heteroatoms. The van der Waals surface area contributed by atoms with Crippen LogP contribution in [0, 0.1) is 5.92 Å². The lowest BCUT2D eigenvalue weighted by Gasteiger charge is -2.33. The van der Waals surface area contributed by atoms with Crippen LogP contribution in [-0.4, -0.2) is 52.8 Å². The zero-order chi connectivity index (χ0) is 17.6. The Balaban J connectivity index is 1.75. The molecule has 0 aromatic carbocycles. The number of amides is 1. The Hall–Kier alpha value is -2.05. The number of hydrogen-bond acceptors (Lipinski definition) is 6. The van der Waals surface area contributed by atoms with Gasteiger partial charge in [-0.15, -0.1) is 0 Å². The van der Waals surface area contributed by atoms with Crippen molar-refractivity contribution in [2.45, 2.75) is 46.1 Å². The van der Waals surface area contributed by atoms with Crippen LogP contribution in [0.4, 0.5) is 10.6 Å². The molecule has 0 atom stereocenters. The lowest BCUT2D eigenvalue weighted by Crippen LogP contribution is -2.42. The van der Waals surface area contributed by atoms with E-state index in [9.17, 15) is 4.79 Å². The molecule has 1 aliphatic heterocycles. The smallest absolute Gasteiger partial charge is 0.410 e. The van der Waals surface area contributed by atoms with E-state index >= 15 is 0 Å². The number of rotatable bonds is 5. The Morgan fingerprint density at radius 2 is 2.08 bits per heavy atom. The third kappa shape index (κ3) is 5.86. The van der Waals surface area contributed by atoms with Crippen molar-refractivity contribution in [1.82, 2.24) is 14.9 Å². The Morgan fingerprint density at radius 3 is 2.71 bits per heavy atom. The molecule has 7 nitrogen and oxygen atoms in total. The van der Waals surface area contributed by atoms with E-state index in [1.165, 1.54) is 0 Å². The number of likely N-dealkylation sites (tertiary alicyclic amines) is 1. The van der Waals surface area contributed by atoms with Gasteiger partial charge in [-0.2, -0.15) is 4.98 Å². The summed E-state index contributed by atoms with van der Waals surface area (Å²) in [6.45, 7) is 10.4. The molecule has 1 aliphatic rings. The standard InChI is InChI=1S/C17H28N4O3/c1-5-18-14-6-9-19-15(20-14)23-12-13-7-10-21(11-8-13)16(22)24-17(2,3)4/h6,9,13H,5,7-8,10-12H2,1-4H3,(H,18,19,20). The number of hydrogen-bond donors (Lipinski definition) is 1. The van der Waals surface area contributed by atoms with E-state index in [-0.39, 0.29) is 6.09 Å². The average Bonchev–Trinajstić information content (AvgIpc) is 2.52. The molecular formula is C17H28N4O3. The van der Waals surface area contributed by atoms with Crippen molar-refractivity contribution in [2.75, 3.05) is 31.6 Å². The molecule has 0 unspecified atom stereocenters. The number of aromatic nitrogens is 2. The highest BCUT2D eigenvalue weighted by atomic mass is 16.6. The molecule has 1 aromatic heterocycles. The molecule has 0 saturated carbocycles. The van der Waals surface area contributed by atoms with Crippen LogP contribution in [0.3, 0.4) is 0 Å². The van der Waals surface area contributed by atoms with Crippen LogP contribution in [0.2, 0.25) is 0 Å². The van der Waals surface area contributed by atoms with E-state index in [2.05, 4.69) is 15.3 Å². The van der Waals surface area contributed by atoms with E-state index in [1.807, 2.05) is 33.8 Å². The van der Waals surface area contributed by atoms with Gasteiger partial charge in [0.25, 0.3) is 0 Å². The maximum absolute atomic E-state index is 12.0. The fourth-order valence-corrected chi connectivity index (χ4v) is 2.49. The summed E-state index contributed by atoms with van der Waals surface area (Å²) in [7, 11) is 0. The molecule has 1 N–H and O–H groups in total. The molecule has 0 spiro atoms. The van der Waals surface area contributed by atoms with Crippen molar-refractivity contribution in [1.29, 1.82) is 0 Å². The molecule has 2 heterocycles. The third-order valence-electron chi connectivity index (χ3n) is 3.71. The lowest BCUT2D eigenvalue weighted by atomic mass is 9.98. The highest BCUT2D eigenvalue weighted by Gasteiger charge is 2.27. The summed E-state index contributed by atoms with van der Waals surface area (Å²) in [5.41, 5.74) is -0.452. The van der Waals surface area contributed by atoms with E-state index < -0.39 is 5.60 Å². The van der Waals surface area contributed by atoms with Gasteiger partial charge >= 0.3 is 12.1 Å². The highest BCUT2D eigenvalue weighted by Crippen LogP contribution is 2.20. The fourth-order valence-electron chi connectivity index (χ4n) is 2.49. The van der Waals surface area contributed by atoms with Crippen LogP contribution in [0.15, 0.2) is 12.3 Å². The minimum absolute atomic E-state index is 0.233. The summed E-state index contributed by atoms with van der Waals surface area (Å²) in [6.07, 6.45) is 3.24. The average molecular weight is 336 g/mol. The summed E-state index contributed by atoms with van der Waals surface area (Å²) in [6, 6.07) is 2.21. The van der Waals surface area contributed by atoms with Crippen LogP contribution >= 0.6 is 0 Å². The Kier molecular flexibility index (Phi) is 6.23. The molecule has 0 radical (unpaired) electrons. The molecule has 0 bridgehead atoms. The second kappa shape index (κ2) is 8.17. The number of carbonyl (C=O) groups excluding carboxylic acids is 1. The zero-order valence-electron chi connectivity index (χ0n) is 15.0. The molecule has 134 valence electrons. The van der Waals surface area contributed by atoms with Gasteiger partial charge in [-0.3, -0.25) is 0 Å². The SMILES string of the molecule is CCNc1ccnc(OCC2CCN(C(=O)OC(C)(C)C)CC2)n1. The number of nitrogens with one attached hydrogen (secondary N) is 1. The zero-order valence-corrected chi connectivity index (χ0v) is 15.0. The van der Waals surface area contributed by atoms with Crippen molar-refractivity contribution in [3.8, 4) is 6.01 Å². The van der Waals surface area contributed by atoms with Crippen molar-refractivity contribution in [3.05, 3.63) is 12.3 Å². The van der Waals surface area contributed by atoms with Crippen molar-refractivity contribution < 1.29 is 14.3 Å². The monoisotopic (exact) mass is 336 g/mol. The van der Waals surface area contributed by atoms with Gasteiger partial charge in [-0.1, -0.05) is 0 Å². The van der Waals surface area contributed by atoms with Gasteiger partial charge in [0.2, 0.25) is 0 Å². The molecule has 0 aliphatic carbocycles. The predicted octanol–water partition coefficient (Wildman–Crippen LogP) is 2.93. The van der Waals surface area contributed by atoms with Crippen LogP contribution in [0.5, 0.6) is 6.01 Å². The number of anilines is 1. The first-order valence-electron chi connectivity index (χ1n) is 8.55. The van der Waals surface area contributed by atoms with Crippen LogP contribution in [0.25, 0.3) is 0 Å². The topological polar surface area (TPSA) is 76.6 Å². The van der Waals surface area contributed by atoms with Crippen LogP contribution in [-0.2, 0) is 4.74 Å². The molecule has 24 heavy (non-hydrogen) atoms. The first-order valence-corrected chi connectivity index (χ1v) is 8.55. The molecule has 2 rings (SSSR count). The number of ether oxygens (including phenoxy) is 2. The van der Waals surface area contributed by atoms with Crippen molar-refractivity contribution in [3.63, 3.8) is 0 Å². The summed E-state index contributed by atoms with van der Waals surface area (Å²) in [4.78, 5) is 22.2. The number of nitrogens with zero attached hydrogens (tertiary/aromatic N) is 3. The summed E-state index contributed by atoms with van der Waals surface area (Å²) >= 11 is 0. The second-order valence-electron chi connectivity index (χ2n) is 6.98. The van der Waals surface area contributed by atoms with Crippen molar-refractivity contribution in [2.24, 2.45) is 5.92 Å². The van der Waals surface area contributed by atoms with Gasteiger partial charge in [0, 0.05) is 25.8 Å². The summed E-state index contributed by atoms with van der Waals surface area (Å²) in [5, 5.41) is 3.13. The number of piperidine rings is 1. The highest BCUT2D eigenvalue weighted by molar-refractivity contribution is 5.68. The molecule has 1 saturated heterocycles. The Morgan fingerprint density at radius 1 is 1.38 bits per heavy atom. The molecule has 1 aromatic rings. The largest absolute Gasteiger partial charge is 0.463 e. The molecule has 1 amide bonds. The Bertz CT molecular complexity index is 537. The van der Waals surface area contributed by atoms with Gasteiger partial charge in [0.05, 0.1) is 6.61 Å². The van der Waals surface area contributed by atoms with Gasteiger partial charge in [0.15, 0.2) is 0 Å². The quantitative estimate of drug-likeness (QED) is 0.891. The van der Waals surface area contributed by atoms with E-state index in [4.69, 9.17) is 9.47 Å². The van der Waals surface area contributed by atoms with Crippen LogP contribution in [0.1, 0.15) is 40.5 Å². The molecule has 1 fully saturated rings. The normalized spacial score (nSPS) is 15.9. The maximum atomic E-state index is 12.0. The van der Waals surface area contributed by atoms with E-state index in [0.29, 0.717) is 31.6 Å². The first-order chi connectivity index (χ1) is 11.4. The minimum atomic E-state index is -0.452. The van der Waals surface area contributed by atoms with Crippen molar-refractivity contribution >= 4 is 11.9 Å². The third-order valence-corrected chi connectivity index (χ3v) is 3.71. The molecular weight excluding hydrogens is 308 g/mol. The first kappa shape index (κ1) is 18.3. The second-order valence-corrected chi connectivity index (χ2v) is 6.98. The Labute approximate surface area is 143 Å². The summed E-state index contributed by atoms with van der Waals surface area (Å²) in [5.74, 6) is 1.16. The van der Waals surface area contributed by atoms with Crippen LogP contribution < -0.4 is 10.1 Å². The van der Waals surface area contributed by atoms with E-state index in [0.717, 1.165) is 25.2 Å². The van der Waals surface area contributed by atoms with Gasteiger partial charge < -0.3 is 19.7 Å². The predicted molar refractivity (Wildman–Crippen MR) is 92.2 cm³/mol. The fraction of sp³-hybridized carbons (Fsp3) is 0.706. The number of carbonyl (C=O) groups is 1. The van der Waals surface area contributed by atoms with Gasteiger partial charge in [-0.05, 0) is 52.5 Å².